The van der Waals surface area contributed by atoms with Crippen LogP contribution in [0.15, 0.2) is 35.0 Å². The third kappa shape index (κ3) is 1.54. The second-order valence-electron chi connectivity index (χ2n) is 3.24. The van der Waals surface area contributed by atoms with Gasteiger partial charge in [0.05, 0.1) is 12.7 Å². The minimum atomic E-state index is 0.378. The van der Waals surface area contributed by atoms with Crippen molar-refractivity contribution in [1.82, 2.24) is 5.16 Å². The fourth-order valence-electron chi connectivity index (χ4n) is 1.46. The van der Waals surface area contributed by atoms with Crippen LogP contribution in [-0.4, -0.2) is 5.16 Å². The van der Waals surface area contributed by atoms with Gasteiger partial charge in [-0.2, -0.15) is 0 Å². The second kappa shape index (κ2) is 3.64. The van der Waals surface area contributed by atoms with Gasteiger partial charge in [0, 0.05) is 5.56 Å². The highest BCUT2D eigenvalue weighted by atomic mass is 16.5. The Bertz CT molecular complexity index is 434. The van der Waals surface area contributed by atoms with E-state index in [1.807, 2.05) is 12.1 Å². The van der Waals surface area contributed by atoms with Crippen LogP contribution in [0, 0.1) is 6.92 Å². The first-order chi connectivity index (χ1) is 6.81. The van der Waals surface area contributed by atoms with Crippen molar-refractivity contribution in [3.8, 4) is 11.1 Å². The van der Waals surface area contributed by atoms with Crippen molar-refractivity contribution in [2.75, 3.05) is 0 Å². The minimum absolute atomic E-state index is 0.378. The van der Waals surface area contributed by atoms with Gasteiger partial charge < -0.3 is 10.3 Å². The van der Waals surface area contributed by atoms with Crippen molar-refractivity contribution < 1.29 is 4.52 Å². The summed E-state index contributed by atoms with van der Waals surface area (Å²) in [6, 6.07) is 8.18. The molecule has 0 saturated carbocycles. The molecule has 0 amide bonds. The molecule has 0 aliphatic heterocycles. The number of hydrogen-bond acceptors (Lipinski definition) is 3. The van der Waals surface area contributed by atoms with Crippen LogP contribution < -0.4 is 5.73 Å². The Kier molecular flexibility index (Phi) is 2.33. The Balaban J connectivity index is 2.49. The molecule has 0 unspecified atom stereocenters. The molecule has 0 spiro atoms. The van der Waals surface area contributed by atoms with Crippen molar-refractivity contribution in [3.05, 3.63) is 41.8 Å². The van der Waals surface area contributed by atoms with Crippen LogP contribution in [0.1, 0.15) is 11.3 Å². The maximum atomic E-state index is 5.54. The van der Waals surface area contributed by atoms with Gasteiger partial charge in [0.1, 0.15) is 0 Å². The third-order valence-corrected chi connectivity index (χ3v) is 2.16. The number of aryl methyl sites for hydroxylation is 1. The molecule has 0 atom stereocenters. The van der Waals surface area contributed by atoms with E-state index >= 15 is 0 Å². The summed E-state index contributed by atoms with van der Waals surface area (Å²) >= 11 is 0. The molecule has 0 bridgehead atoms. The Morgan fingerprint density at radius 3 is 3.00 bits per heavy atom. The maximum absolute atomic E-state index is 5.54. The standard InChI is InChI=1S/C11H12N2O/c1-8-3-2-4-9(5-8)10-7-13-14-11(10)6-12/h2-5,7H,6,12H2,1H3. The van der Waals surface area contributed by atoms with Gasteiger partial charge in [-0.05, 0) is 12.5 Å². The third-order valence-electron chi connectivity index (χ3n) is 2.16. The minimum Gasteiger partial charge on any atom is -0.359 e. The Hall–Kier alpha value is -1.61. The van der Waals surface area contributed by atoms with Crippen LogP contribution in [0.3, 0.4) is 0 Å². The Morgan fingerprint density at radius 1 is 1.43 bits per heavy atom. The quantitative estimate of drug-likeness (QED) is 0.785. The van der Waals surface area contributed by atoms with E-state index in [9.17, 15) is 0 Å². The maximum Gasteiger partial charge on any atom is 0.158 e. The van der Waals surface area contributed by atoms with E-state index in [2.05, 4.69) is 24.2 Å². The normalized spacial score (nSPS) is 10.4. The molecule has 72 valence electrons. The predicted octanol–water partition coefficient (Wildman–Crippen LogP) is 2.11. The molecule has 0 fully saturated rings. The summed E-state index contributed by atoms with van der Waals surface area (Å²) in [5, 5.41) is 3.74. The second-order valence-corrected chi connectivity index (χ2v) is 3.24. The van der Waals surface area contributed by atoms with Gasteiger partial charge in [-0.25, -0.2) is 0 Å². The number of benzene rings is 1. The van der Waals surface area contributed by atoms with E-state index in [1.54, 1.807) is 6.20 Å². The van der Waals surface area contributed by atoms with Crippen molar-refractivity contribution in [2.24, 2.45) is 5.73 Å². The van der Waals surface area contributed by atoms with Gasteiger partial charge in [0.25, 0.3) is 0 Å². The highest BCUT2D eigenvalue weighted by molar-refractivity contribution is 5.65. The van der Waals surface area contributed by atoms with Gasteiger partial charge in [0.2, 0.25) is 0 Å². The van der Waals surface area contributed by atoms with Gasteiger partial charge in [-0.1, -0.05) is 35.0 Å². The molecule has 0 aliphatic rings. The highest BCUT2D eigenvalue weighted by Crippen LogP contribution is 2.23. The van der Waals surface area contributed by atoms with Crippen molar-refractivity contribution >= 4 is 0 Å². The molecule has 0 saturated heterocycles. The molecular weight excluding hydrogens is 176 g/mol. The van der Waals surface area contributed by atoms with Crippen LogP contribution in [0.2, 0.25) is 0 Å². The number of hydrogen-bond donors (Lipinski definition) is 1. The van der Waals surface area contributed by atoms with Gasteiger partial charge in [-0.3, -0.25) is 0 Å². The monoisotopic (exact) mass is 188 g/mol. The largest absolute Gasteiger partial charge is 0.359 e. The van der Waals surface area contributed by atoms with Crippen LogP contribution in [0.5, 0.6) is 0 Å². The average Bonchev–Trinajstić information content (AvgIpc) is 2.65. The average molecular weight is 188 g/mol. The summed E-state index contributed by atoms with van der Waals surface area (Å²) in [6.45, 7) is 2.43. The van der Waals surface area contributed by atoms with Gasteiger partial charge in [-0.15, -0.1) is 0 Å². The van der Waals surface area contributed by atoms with Crippen molar-refractivity contribution in [3.63, 3.8) is 0 Å². The van der Waals surface area contributed by atoms with Crippen molar-refractivity contribution in [1.29, 1.82) is 0 Å². The van der Waals surface area contributed by atoms with Gasteiger partial charge in [0.15, 0.2) is 5.76 Å². The number of nitrogens with two attached hydrogens (primary N) is 1. The summed E-state index contributed by atoms with van der Waals surface area (Å²) in [7, 11) is 0. The lowest BCUT2D eigenvalue weighted by molar-refractivity contribution is 0.385. The SMILES string of the molecule is Cc1cccc(-c2cnoc2CN)c1. The molecule has 1 aromatic heterocycles. The summed E-state index contributed by atoms with van der Waals surface area (Å²) < 4.78 is 5.03. The van der Waals surface area contributed by atoms with Crippen LogP contribution in [-0.2, 0) is 6.54 Å². The lowest BCUT2D eigenvalue weighted by Gasteiger charge is -2.00. The van der Waals surface area contributed by atoms with E-state index in [4.69, 9.17) is 10.3 Å². The van der Waals surface area contributed by atoms with Crippen LogP contribution in [0.25, 0.3) is 11.1 Å². The van der Waals surface area contributed by atoms with E-state index in [0.717, 1.165) is 16.9 Å². The van der Waals surface area contributed by atoms with E-state index < -0.39 is 0 Å². The van der Waals surface area contributed by atoms with E-state index in [-0.39, 0.29) is 0 Å². The topological polar surface area (TPSA) is 52.0 Å². The molecule has 0 radical (unpaired) electrons. The molecule has 2 rings (SSSR count). The number of aromatic nitrogens is 1. The fourth-order valence-corrected chi connectivity index (χ4v) is 1.46. The highest BCUT2D eigenvalue weighted by Gasteiger charge is 2.07. The number of rotatable bonds is 2. The first-order valence-corrected chi connectivity index (χ1v) is 4.52. The number of nitrogens with zero attached hydrogens (tertiary/aromatic N) is 1. The summed E-state index contributed by atoms with van der Waals surface area (Å²) in [5.74, 6) is 0.732. The van der Waals surface area contributed by atoms with E-state index in [0.29, 0.717) is 6.54 Å². The zero-order valence-corrected chi connectivity index (χ0v) is 8.03. The van der Waals surface area contributed by atoms with E-state index in [1.165, 1.54) is 5.56 Å². The molecule has 0 aliphatic carbocycles. The fraction of sp³-hybridized carbons (Fsp3) is 0.182. The van der Waals surface area contributed by atoms with Crippen LogP contribution >= 0.6 is 0 Å². The molecule has 2 N–H and O–H groups in total. The molecule has 3 heteroatoms. The summed E-state index contributed by atoms with van der Waals surface area (Å²) in [4.78, 5) is 0. The zero-order chi connectivity index (χ0) is 9.97. The molecule has 14 heavy (non-hydrogen) atoms. The van der Waals surface area contributed by atoms with Gasteiger partial charge >= 0.3 is 0 Å². The predicted molar refractivity (Wildman–Crippen MR) is 54.6 cm³/mol. The lowest BCUT2D eigenvalue weighted by Crippen LogP contribution is -1.95. The Labute approximate surface area is 82.5 Å². The molecule has 2 aromatic rings. The summed E-state index contributed by atoms with van der Waals surface area (Å²) in [6.07, 6.45) is 1.71. The molecular formula is C11H12N2O. The first kappa shape index (κ1) is 8.97. The molecule has 3 nitrogen and oxygen atoms in total. The molecule has 1 aromatic carbocycles. The summed E-state index contributed by atoms with van der Waals surface area (Å²) in [5.41, 5.74) is 8.84. The van der Waals surface area contributed by atoms with Crippen molar-refractivity contribution in [2.45, 2.75) is 13.5 Å². The smallest absolute Gasteiger partial charge is 0.158 e. The lowest BCUT2D eigenvalue weighted by atomic mass is 10.0. The van der Waals surface area contributed by atoms with Crippen LogP contribution in [0.4, 0.5) is 0 Å². The zero-order valence-electron chi connectivity index (χ0n) is 8.03. The molecule has 1 heterocycles. The first-order valence-electron chi connectivity index (χ1n) is 4.52. The Morgan fingerprint density at radius 2 is 2.29 bits per heavy atom.